The second-order valence-corrected chi connectivity index (χ2v) is 7.19. The van der Waals surface area contributed by atoms with Crippen LogP contribution >= 0.6 is 0 Å². The molecule has 0 saturated carbocycles. The maximum atomic E-state index is 12.2. The first-order chi connectivity index (χ1) is 14.3. The topological polar surface area (TPSA) is 78.4 Å². The minimum atomic E-state index is -0.246. The van der Waals surface area contributed by atoms with Crippen molar-refractivity contribution in [1.82, 2.24) is 5.43 Å². The fourth-order valence-corrected chi connectivity index (χ4v) is 2.71. The van der Waals surface area contributed by atoms with E-state index in [1.54, 1.807) is 32.6 Å². The number of hydrogen-bond acceptors (Lipinski definition) is 6. The van der Waals surface area contributed by atoms with Gasteiger partial charge in [-0.1, -0.05) is 6.07 Å². The summed E-state index contributed by atoms with van der Waals surface area (Å²) < 4.78 is 22.1. The number of methoxy groups -OCH3 is 2. The first-order valence-electron chi connectivity index (χ1n) is 9.82. The number of amides is 1. The molecule has 0 aromatic heterocycles. The van der Waals surface area contributed by atoms with Crippen molar-refractivity contribution in [2.45, 2.75) is 46.3 Å². The van der Waals surface area contributed by atoms with Crippen LogP contribution in [0.3, 0.4) is 0 Å². The Labute approximate surface area is 178 Å². The largest absolute Gasteiger partial charge is 0.493 e. The fourth-order valence-electron chi connectivity index (χ4n) is 2.71. The monoisotopic (exact) mass is 414 g/mol. The van der Waals surface area contributed by atoms with Gasteiger partial charge < -0.3 is 18.9 Å². The molecule has 7 heteroatoms. The SMILES string of the molecule is COc1ccc(CC(=O)N/N=C/c2ccc(OC(C)C)cc2OC(C)C)cc1OC. The zero-order valence-corrected chi connectivity index (χ0v) is 18.4. The van der Waals surface area contributed by atoms with Gasteiger partial charge in [-0.05, 0) is 57.5 Å². The molecule has 162 valence electrons. The summed E-state index contributed by atoms with van der Waals surface area (Å²) in [4.78, 5) is 12.2. The molecule has 0 aliphatic heterocycles. The number of rotatable bonds is 10. The Balaban J connectivity index is 2.05. The summed E-state index contributed by atoms with van der Waals surface area (Å²) in [5.74, 6) is 2.30. The minimum absolute atomic E-state index is 0.00825. The van der Waals surface area contributed by atoms with Crippen LogP contribution < -0.4 is 24.4 Å². The Kier molecular flexibility index (Phi) is 8.53. The van der Waals surface area contributed by atoms with Crippen LogP contribution in [0.1, 0.15) is 38.8 Å². The molecule has 0 bridgehead atoms. The molecular weight excluding hydrogens is 384 g/mol. The zero-order valence-electron chi connectivity index (χ0n) is 18.4. The second-order valence-electron chi connectivity index (χ2n) is 7.19. The molecule has 0 spiro atoms. The third-order valence-electron chi connectivity index (χ3n) is 3.93. The summed E-state index contributed by atoms with van der Waals surface area (Å²) in [7, 11) is 3.12. The number of carbonyl (C=O) groups is 1. The molecule has 0 atom stereocenters. The van der Waals surface area contributed by atoms with Crippen molar-refractivity contribution in [2.75, 3.05) is 14.2 Å². The summed E-state index contributed by atoms with van der Waals surface area (Å²) in [5, 5.41) is 4.07. The van der Waals surface area contributed by atoms with Gasteiger partial charge in [0, 0.05) is 11.6 Å². The van der Waals surface area contributed by atoms with Crippen LogP contribution in [-0.2, 0) is 11.2 Å². The van der Waals surface area contributed by atoms with Crippen LogP contribution in [0.15, 0.2) is 41.5 Å². The normalized spacial score (nSPS) is 11.1. The molecule has 2 aromatic carbocycles. The first kappa shape index (κ1) is 23.1. The van der Waals surface area contributed by atoms with E-state index in [1.165, 1.54) is 0 Å². The van der Waals surface area contributed by atoms with Crippen LogP contribution in [0.2, 0.25) is 0 Å². The van der Waals surface area contributed by atoms with E-state index in [0.29, 0.717) is 17.2 Å². The van der Waals surface area contributed by atoms with E-state index in [9.17, 15) is 4.79 Å². The van der Waals surface area contributed by atoms with Gasteiger partial charge in [-0.3, -0.25) is 4.79 Å². The van der Waals surface area contributed by atoms with E-state index in [4.69, 9.17) is 18.9 Å². The Morgan fingerprint density at radius 3 is 2.27 bits per heavy atom. The van der Waals surface area contributed by atoms with Crippen molar-refractivity contribution in [3.05, 3.63) is 47.5 Å². The summed E-state index contributed by atoms with van der Waals surface area (Å²) in [5.41, 5.74) is 4.08. The second kappa shape index (κ2) is 11.1. The van der Waals surface area contributed by atoms with Gasteiger partial charge >= 0.3 is 0 Å². The zero-order chi connectivity index (χ0) is 22.1. The first-order valence-corrected chi connectivity index (χ1v) is 9.82. The van der Waals surface area contributed by atoms with Gasteiger partial charge in [0.2, 0.25) is 5.91 Å². The van der Waals surface area contributed by atoms with Crippen LogP contribution in [0.4, 0.5) is 0 Å². The maximum absolute atomic E-state index is 12.2. The van der Waals surface area contributed by atoms with Crippen molar-refractivity contribution in [2.24, 2.45) is 5.10 Å². The lowest BCUT2D eigenvalue weighted by atomic mass is 10.1. The average molecular weight is 415 g/mol. The summed E-state index contributed by atoms with van der Waals surface area (Å²) in [6, 6.07) is 10.9. The number of hydrogen-bond donors (Lipinski definition) is 1. The lowest BCUT2D eigenvalue weighted by Crippen LogP contribution is -2.20. The molecule has 1 N–H and O–H groups in total. The molecule has 0 heterocycles. The van der Waals surface area contributed by atoms with Crippen molar-refractivity contribution in [3.8, 4) is 23.0 Å². The van der Waals surface area contributed by atoms with Crippen molar-refractivity contribution >= 4 is 12.1 Å². The number of nitrogens with zero attached hydrogens (tertiary/aromatic N) is 1. The Hall–Kier alpha value is -3.22. The summed E-state index contributed by atoms with van der Waals surface area (Å²) >= 11 is 0. The van der Waals surface area contributed by atoms with Crippen LogP contribution in [-0.4, -0.2) is 38.5 Å². The van der Waals surface area contributed by atoms with E-state index in [0.717, 1.165) is 16.9 Å². The third kappa shape index (κ3) is 6.99. The predicted octanol–water partition coefficient (Wildman–Crippen LogP) is 3.97. The number of ether oxygens (including phenoxy) is 4. The van der Waals surface area contributed by atoms with E-state index in [-0.39, 0.29) is 24.5 Å². The predicted molar refractivity (Wildman–Crippen MR) is 117 cm³/mol. The number of hydrazone groups is 1. The molecule has 0 fully saturated rings. The third-order valence-corrected chi connectivity index (χ3v) is 3.93. The highest BCUT2D eigenvalue weighted by Gasteiger charge is 2.10. The standard InChI is InChI=1S/C23H30N2O5/c1-15(2)29-19-9-8-18(21(13-19)30-16(3)4)14-24-25-23(26)12-17-7-10-20(27-5)22(11-17)28-6/h7-11,13-16H,12H2,1-6H3,(H,25,26)/b24-14+. The van der Waals surface area contributed by atoms with Crippen LogP contribution in [0.5, 0.6) is 23.0 Å². The Morgan fingerprint density at radius 2 is 1.63 bits per heavy atom. The number of carbonyl (C=O) groups excluding carboxylic acids is 1. The van der Waals surface area contributed by atoms with E-state index in [2.05, 4.69) is 10.5 Å². The lowest BCUT2D eigenvalue weighted by molar-refractivity contribution is -0.120. The van der Waals surface area contributed by atoms with Gasteiger partial charge in [0.25, 0.3) is 0 Å². The van der Waals surface area contributed by atoms with Crippen molar-refractivity contribution in [1.29, 1.82) is 0 Å². The molecule has 2 aromatic rings. The maximum Gasteiger partial charge on any atom is 0.244 e. The fraction of sp³-hybridized carbons (Fsp3) is 0.391. The Bertz CT molecular complexity index is 878. The molecule has 0 aliphatic rings. The van der Waals surface area contributed by atoms with Crippen molar-refractivity contribution in [3.63, 3.8) is 0 Å². The summed E-state index contributed by atoms with van der Waals surface area (Å²) in [6.07, 6.45) is 1.77. The smallest absolute Gasteiger partial charge is 0.244 e. The molecule has 0 aliphatic carbocycles. The highest BCUT2D eigenvalue weighted by molar-refractivity contribution is 5.86. The highest BCUT2D eigenvalue weighted by atomic mass is 16.5. The van der Waals surface area contributed by atoms with E-state index < -0.39 is 0 Å². The van der Waals surface area contributed by atoms with Gasteiger partial charge in [0.1, 0.15) is 11.5 Å². The van der Waals surface area contributed by atoms with Crippen molar-refractivity contribution < 1.29 is 23.7 Å². The van der Waals surface area contributed by atoms with E-state index in [1.807, 2.05) is 52.0 Å². The molecule has 0 saturated heterocycles. The van der Waals surface area contributed by atoms with Gasteiger partial charge in [-0.25, -0.2) is 5.43 Å². The molecule has 2 rings (SSSR count). The highest BCUT2D eigenvalue weighted by Crippen LogP contribution is 2.28. The van der Waals surface area contributed by atoms with E-state index >= 15 is 0 Å². The van der Waals surface area contributed by atoms with Gasteiger partial charge in [-0.15, -0.1) is 0 Å². The van der Waals surface area contributed by atoms with Gasteiger partial charge in [-0.2, -0.15) is 5.10 Å². The Morgan fingerprint density at radius 1 is 0.933 bits per heavy atom. The van der Waals surface area contributed by atoms with Crippen LogP contribution in [0, 0.1) is 0 Å². The molecule has 7 nitrogen and oxygen atoms in total. The molecule has 0 unspecified atom stereocenters. The molecule has 1 amide bonds. The number of nitrogens with one attached hydrogen (secondary N) is 1. The molecule has 30 heavy (non-hydrogen) atoms. The molecule has 0 radical (unpaired) electrons. The quantitative estimate of drug-likeness (QED) is 0.470. The van der Waals surface area contributed by atoms with Gasteiger partial charge in [0.05, 0.1) is 39.1 Å². The average Bonchev–Trinajstić information content (AvgIpc) is 2.68. The van der Waals surface area contributed by atoms with Crippen LogP contribution in [0.25, 0.3) is 0 Å². The van der Waals surface area contributed by atoms with Gasteiger partial charge in [0.15, 0.2) is 11.5 Å². The minimum Gasteiger partial charge on any atom is -0.493 e. The molecular formula is C23H30N2O5. The lowest BCUT2D eigenvalue weighted by Gasteiger charge is -2.15. The number of benzene rings is 2. The summed E-state index contributed by atoms with van der Waals surface area (Å²) in [6.45, 7) is 7.82.